The van der Waals surface area contributed by atoms with E-state index in [4.69, 9.17) is 17.0 Å². The minimum absolute atomic E-state index is 0.00705. The number of amides is 2. The van der Waals surface area contributed by atoms with E-state index in [9.17, 15) is 9.59 Å². The van der Waals surface area contributed by atoms with Crippen molar-refractivity contribution in [3.8, 4) is 5.75 Å². The van der Waals surface area contributed by atoms with Crippen LogP contribution in [-0.4, -0.2) is 16.9 Å². The van der Waals surface area contributed by atoms with Gasteiger partial charge in [0.15, 0.2) is 5.11 Å². The van der Waals surface area contributed by atoms with Gasteiger partial charge in [0.25, 0.3) is 11.8 Å². The summed E-state index contributed by atoms with van der Waals surface area (Å²) >= 11 is 11.7. The number of carbonyl (C=O) groups is 2. The van der Waals surface area contributed by atoms with Gasteiger partial charge in [-0.25, -0.2) is 0 Å². The summed E-state index contributed by atoms with van der Waals surface area (Å²) < 4.78 is 7.52. The molecule has 1 aliphatic rings. The Labute approximate surface area is 172 Å². The van der Waals surface area contributed by atoms with Crippen molar-refractivity contribution in [3.63, 3.8) is 0 Å². The van der Waals surface area contributed by atoms with E-state index in [-0.39, 0.29) is 10.7 Å². The Morgan fingerprint density at radius 2 is 1.69 bits per heavy atom. The second-order valence-corrected chi connectivity index (χ2v) is 7.48. The average molecular weight is 496 g/mol. The molecule has 0 saturated carbocycles. The number of ether oxygens (including phenoxy) is 1. The number of benzene rings is 2. The minimum atomic E-state index is -0.524. The third-order valence-electron chi connectivity index (χ3n) is 3.55. The van der Waals surface area contributed by atoms with Crippen molar-refractivity contribution in [2.24, 2.45) is 0 Å². The van der Waals surface area contributed by atoms with Crippen molar-refractivity contribution < 1.29 is 14.3 Å². The summed E-state index contributed by atoms with van der Waals surface area (Å²) in [4.78, 5) is 23.8. The van der Waals surface area contributed by atoms with Gasteiger partial charge in [-0.05, 0) is 58.0 Å². The van der Waals surface area contributed by atoms with Gasteiger partial charge in [0.05, 0.1) is 4.47 Å². The van der Waals surface area contributed by atoms with E-state index in [0.717, 1.165) is 10.0 Å². The molecule has 1 fully saturated rings. The second kappa shape index (κ2) is 8.11. The first-order chi connectivity index (χ1) is 12.4. The van der Waals surface area contributed by atoms with Crippen LogP contribution >= 0.6 is 44.1 Å². The lowest BCUT2D eigenvalue weighted by Gasteiger charge is -2.16. The van der Waals surface area contributed by atoms with E-state index in [2.05, 4.69) is 42.5 Å². The Hall–Kier alpha value is -2.03. The van der Waals surface area contributed by atoms with Crippen LogP contribution < -0.4 is 15.4 Å². The van der Waals surface area contributed by atoms with Crippen molar-refractivity contribution in [1.29, 1.82) is 0 Å². The fourth-order valence-electron chi connectivity index (χ4n) is 2.27. The normalized spacial score (nSPS) is 13.9. The van der Waals surface area contributed by atoms with Crippen LogP contribution in [0.25, 0.3) is 6.08 Å². The predicted octanol–water partition coefficient (Wildman–Crippen LogP) is 3.70. The molecule has 1 aliphatic heterocycles. The Bertz CT molecular complexity index is 922. The van der Waals surface area contributed by atoms with E-state index < -0.39 is 11.8 Å². The van der Waals surface area contributed by atoms with Gasteiger partial charge in [-0.15, -0.1) is 0 Å². The molecule has 2 aromatic rings. The monoisotopic (exact) mass is 494 g/mol. The first-order valence-electron chi connectivity index (χ1n) is 7.48. The Kier molecular flexibility index (Phi) is 5.85. The lowest BCUT2D eigenvalue weighted by molar-refractivity contribution is -0.123. The maximum absolute atomic E-state index is 11.9. The molecular weight excluding hydrogens is 484 g/mol. The first-order valence-corrected chi connectivity index (χ1v) is 9.47. The van der Waals surface area contributed by atoms with Crippen molar-refractivity contribution in [2.45, 2.75) is 6.61 Å². The summed E-state index contributed by atoms with van der Waals surface area (Å²) in [5.41, 5.74) is 1.70. The largest absolute Gasteiger partial charge is 0.488 e. The van der Waals surface area contributed by atoms with Crippen LogP contribution in [0.4, 0.5) is 0 Å². The summed E-state index contributed by atoms with van der Waals surface area (Å²) in [7, 11) is 0. The summed E-state index contributed by atoms with van der Waals surface area (Å²) in [6, 6.07) is 13.1. The van der Waals surface area contributed by atoms with E-state index in [0.29, 0.717) is 22.4 Å². The van der Waals surface area contributed by atoms with Crippen LogP contribution in [0.3, 0.4) is 0 Å². The molecule has 1 heterocycles. The molecule has 0 aromatic heterocycles. The van der Waals surface area contributed by atoms with Crippen LogP contribution in [0.2, 0.25) is 0 Å². The highest BCUT2D eigenvalue weighted by molar-refractivity contribution is 9.10. The fraction of sp³-hybridized carbons (Fsp3) is 0.0556. The lowest BCUT2D eigenvalue weighted by atomic mass is 10.1. The van der Waals surface area contributed by atoms with Crippen LogP contribution in [0.5, 0.6) is 5.75 Å². The molecule has 0 radical (unpaired) electrons. The number of rotatable bonds is 4. The minimum Gasteiger partial charge on any atom is -0.488 e. The molecule has 2 amide bonds. The molecule has 1 saturated heterocycles. The maximum atomic E-state index is 11.9. The second-order valence-electron chi connectivity index (χ2n) is 5.37. The highest BCUT2D eigenvalue weighted by Crippen LogP contribution is 2.28. The molecule has 0 spiro atoms. The van der Waals surface area contributed by atoms with Gasteiger partial charge in [0.1, 0.15) is 17.9 Å². The summed E-state index contributed by atoms with van der Waals surface area (Å²) in [6.45, 7) is 0.405. The molecule has 8 heteroatoms. The highest BCUT2D eigenvalue weighted by atomic mass is 79.9. The van der Waals surface area contributed by atoms with Gasteiger partial charge in [-0.3, -0.25) is 20.2 Å². The molecule has 2 N–H and O–H groups in total. The van der Waals surface area contributed by atoms with Crippen molar-refractivity contribution in [3.05, 3.63) is 68.1 Å². The van der Waals surface area contributed by atoms with Gasteiger partial charge in [-0.2, -0.15) is 0 Å². The van der Waals surface area contributed by atoms with Crippen LogP contribution in [-0.2, 0) is 16.2 Å². The third-order valence-corrected chi connectivity index (χ3v) is 5.15. The quantitative estimate of drug-likeness (QED) is 0.385. The number of hydrogen-bond acceptors (Lipinski definition) is 4. The van der Waals surface area contributed by atoms with Crippen molar-refractivity contribution >= 4 is 67.1 Å². The Morgan fingerprint density at radius 1 is 1.00 bits per heavy atom. The molecule has 0 bridgehead atoms. The zero-order chi connectivity index (χ0) is 18.7. The number of thiocarbonyl (C=S) groups is 1. The first kappa shape index (κ1) is 18.8. The molecule has 0 aliphatic carbocycles. The maximum Gasteiger partial charge on any atom is 0.263 e. The van der Waals surface area contributed by atoms with Gasteiger partial charge >= 0.3 is 0 Å². The topological polar surface area (TPSA) is 67.4 Å². The fourth-order valence-corrected chi connectivity index (χ4v) is 3.36. The van der Waals surface area contributed by atoms with Gasteiger partial charge in [-0.1, -0.05) is 40.2 Å². The van der Waals surface area contributed by atoms with E-state index in [1.165, 1.54) is 6.08 Å². The van der Waals surface area contributed by atoms with Crippen molar-refractivity contribution in [2.75, 3.05) is 0 Å². The SMILES string of the molecule is O=C1NC(=S)NC(=O)C1=Cc1ccc(OCc2ccccc2Br)c(Br)c1. The number of hydrogen-bond donors (Lipinski definition) is 2. The molecule has 132 valence electrons. The third kappa shape index (κ3) is 4.38. The van der Waals surface area contributed by atoms with Gasteiger partial charge < -0.3 is 4.74 Å². The molecular formula is C18H12Br2N2O3S. The van der Waals surface area contributed by atoms with Crippen LogP contribution in [0, 0.1) is 0 Å². The van der Waals surface area contributed by atoms with E-state index >= 15 is 0 Å². The molecule has 5 nitrogen and oxygen atoms in total. The van der Waals surface area contributed by atoms with E-state index in [1.807, 2.05) is 24.3 Å². The lowest BCUT2D eigenvalue weighted by Crippen LogP contribution is -2.51. The molecule has 26 heavy (non-hydrogen) atoms. The number of halogens is 2. The molecule has 2 aromatic carbocycles. The smallest absolute Gasteiger partial charge is 0.263 e. The van der Waals surface area contributed by atoms with Gasteiger partial charge in [0.2, 0.25) is 0 Å². The molecule has 0 unspecified atom stereocenters. The summed E-state index contributed by atoms with van der Waals surface area (Å²) in [6.07, 6.45) is 1.49. The van der Waals surface area contributed by atoms with Crippen LogP contribution in [0.1, 0.15) is 11.1 Å². The zero-order valence-electron chi connectivity index (χ0n) is 13.2. The summed E-state index contributed by atoms with van der Waals surface area (Å²) in [5.74, 6) is -0.394. The van der Waals surface area contributed by atoms with Crippen molar-refractivity contribution in [1.82, 2.24) is 10.6 Å². The Balaban J connectivity index is 1.76. The summed E-state index contributed by atoms with van der Waals surface area (Å²) in [5, 5.41) is 4.81. The zero-order valence-corrected chi connectivity index (χ0v) is 17.2. The van der Waals surface area contributed by atoms with Crippen LogP contribution in [0.15, 0.2) is 57.0 Å². The number of carbonyl (C=O) groups excluding carboxylic acids is 2. The highest BCUT2D eigenvalue weighted by Gasteiger charge is 2.25. The standard InChI is InChI=1S/C18H12Br2N2O3S/c19-13-4-2-1-3-11(13)9-25-15-6-5-10(8-14(15)20)7-12-16(23)21-18(26)22-17(12)24/h1-8H,9H2,(H2,21,22,23,24,26). The van der Waals surface area contributed by atoms with E-state index in [1.54, 1.807) is 18.2 Å². The predicted molar refractivity (Wildman–Crippen MR) is 109 cm³/mol. The Morgan fingerprint density at radius 3 is 2.35 bits per heavy atom. The molecule has 0 atom stereocenters. The van der Waals surface area contributed by atoms with Gasteiger partial charge in [0, 0.05) is 10.0 Å². The average Bonchev–Trinajstić information content (AvgIpc) is 2.58. The number of nitrogens with one attached hydrogen (secondary N) is 2. The molecule has 3 rings (SSSR count).